The van der Waals surface area contributed by atoms with E-state index in [9.17, 15) is 9.90 Å². The van der Waals surface area contributed by atoms with Gasteiger partial charge in [-0.1, -0.05) is 43.9 Å². The van der Waals surface area contributed by atoms with Gasteiger partial charge >= 0.3 is 5.97 Å². The first-order valence-corrected chi connectivity index (χ1v) is 9.76. The van der Waals surface area contributed by atoms with E-state index in [1.807, 2.05) is 6.07 Å². The lowest BCUT2D eigenvalue weighted by atomic mass is 9.86. The van der Waals surface area contributed by atoms with Crippen LogP contribution in [0.1, 0.15) is 85.7 Å². The summed E-state index contributed by atoms with van der Waals surface area (Å²) < 4.78 is 5.68. The van der Waals surface area contributed by atoms with E-state index in [1.54, 1.807) is 6.07 Å². The predicted octanol–water partition coefficient (Wildman–Crippen LogP) is 5.20. The summed E-state index contributed by atoms with van der Waals surface area (Å²) >= 11 is 0. The molecular formula is C22H28O3. The van der Waals surface area contributed by atoms with Gasteiger partial charge in [0.25, 0.3) is 0 Å². The van der Waals surface area contributed by atoms with Crippen molar-refractivity contribution in [2.45, 2.75) is 70.6 Å². The molecule has 3 rings (SSSR count). The maximum absolute atomic E-state index is 11.6. The number of benzene rings is 1. The molecule has 0 radical (unpaired) electrons. The van der Waals surface area contributed by atoms with Gasteiger partial charge in [-0.05, 0) is 55.7 Å². The highest BCUT2D eigenvalue weighted by atomic mass is 16.5. The largest absolute Gasteiger partial charge is 0.492 e. The molecule has 0 aromatic heterocycles. The molecule has 1 N–H and O–H groups in total. The molecule has 1 saturated carbocycles. The van der Waals surface area contributed by atoms with E-state index in [0.717, 1.165) is 49.1 Å². The Morgan fingerprint density at radius 2 is 2.00 bits per heavy atom. The molecule has 3 heteroatoms. The summed E-state index contributed by atoms with van der Waals surface area (Å²) in [7, 11) is 0. The van der Waals surface area contributed by atoms with Crippen molar-refractivity contribution in [3.8, 4) is 17.6 Å². The zero-order chi connectivity index (χ0) is 17.5. The third kappa shape index (κ3) is 5.01. The van der Waals surface area contributed by atoms with E-state index >= 15 is 0 Å². The number of carboxylic acid groups (broad SMARTS) is 1. The molecule has 0 unspecified atom stereocenters. The molecule has 2 aliphatic rings. The number of hydrogen-bond donors (Lipinski definition) is 1. The zero-order valence-corrected chi connectivity index (χ0v) is 15.0. The number of hydrogen-bond acceptors (Lipinski definition) is 2. The fourth-order valence-corrected chi connectivity index (χ4v) is 3.99. The van der Waals surface area contributed by atoms with E-state index in [-0.39, 0.29) is 5.56 Å². The normalized spacial score (nSPS) is 17.6. The number of unbranched alkanes of at least 4 members (excludes halogenated alkanes) is 1. The molecule has 1 heterocycles. The maximum atomic E-state index is 11.6. The van der Waals surface area contributed by atoms with Gasteiger partial charge in [0.1, 0.15) is 11.3 Å². The molecule has 1 aliphatic carbocycles. The van der Waals surface area contributed by atoms with Crippen LogP contribution in [-0.4, -0.2) is 17.7 Å². The lowest BCUT2D eigenvalue weighted by Gasteiger charge is -2.20. The van der Waals surface area contributed by atoms with Gasteiger partial charge < -0.3 is 9.84 Å². The molecule has 1 aromatic carbocycles. The Morgan fingerprint density at radius 1 is 1.16 bits per heavy atom. The quantitative estimate of drug-likeness (QED) is 0.605. The summed E-state index contributed by atoms with van der Waals surface area (Å²) in [5, 5.41) is 9.48. The van der Waals surface area contributed by atoms with Gasteiger partial charge in [0.2, 0.25) is 0 Å². The molecule has 3 nitrogen and oxygen atoms in total. The van der Waals surface area contributed by atoms with E-state index in [0.29, 0.717) is 12.4 Å². The summed E-state index contributed by atoms with van der Waals surface area (Å²) in [6.07, 6.45) is 13.2. The topological polar surface area (TPSA) is 46.5 Å². The van der Waals surface area contributed by atoms with Crippen molar-refractivity contribution in [1.29, 1.82) is 0 Å². The van der Waals surface area contributed by atoms with Gasteiger partial charge in [0.05, 0.1) is 6.61 Å². The highest BCUT2D eigenvalue weighted by Crippen LogP contribution is 2.30. The van der Waals surface area contributed by atoms with Crippen LogP contribution in [0.25, 0.3) is 0 Å². The first-order chi connectivity index (χ1) is 12.2. The molecule has 1 aliphatic heterocycles. The Kier molecular flexibility index (Phi) is 6.39. The third-order valence-corrected chi connectivity index (χ3v) is 5.35. The van der Waals surface area contributed by atoms with Gasteiger partial charge in [-0.3, -0.25) is 0 Å². The summed E-state index contributed by atoms with van der Waals surface area (Å²) in [4.78, 5) is 11.6. The highest BCUT2D eigenvalue weighted by molar-refractivity contribution is 5.92. The zero-order valence-electron chi connectivity index (χ0n) is 15.0. The van der Waals surface area contributed by atoms with Crippen molar-refractivity contribution in [2.24, 2.45) is 5.92 Å². The summed E-state index contributed by atoms with van der Waals surface area (Å²) in [6, 6.07) is 3.68. The lowest BCUT2D eigenvalue weighted by Crippen LogP contribution is -2.05. The standard InChI is InChI=1S/C22H28O3/c23-22(24)20-16-18(15-19-13-7-8-14-25-21(19)20)12-6-2-5-11-17-9-3-1-4-10-17/h15-17H,1-5,7-11,13-14H2,(H,23,24). The summed E-state index contributed by atoms with van der Waals surface area (Å²) in [5.41, 5.74) is 2.05. The summed E-state index contributed by atoms with van der Waals surface area (Å²) in [6.45, 7) is 0.597. The Labute approximate surface area is 150 Å². The average molecular weight is 340 g/mol. The van der Waals surface area contributed by atoms with Crippen LogP contribution in [-0.2, 0) is 6.42 Å². The maximum Gasteiger partial charge on any atom is 0.339 e. The van der Waals surface area contributed by atoms with Crippen molar-refractivity contribution < 1.29 is 14.6 Å². The Bertz CT molecular complexity index is 660. The van der Waals surface area contributed by atoms with Gasteiger partial charge in [-0.2, -0.15) is 0 Å². The van der Waals surface area contributed by atoms with Crippen LogP contribution in [0.2, 0.25) is 0 Å². The first kappa shape index (κ1) is 17.9. The van der Waals surface area contributed by atoms with Gasteiger partial charge in [0.15, 0.2) is 0 Å². The third-order valence-electron chi connectivity index (χ3n) is 5.35. The minimum absolute atomic E-state index is 0.255. The second-order valence-corrected chi connectivity index (χ2v) is 7.32. The van der Waals surface area contributed by atoms with Gasteiger partial charge in [-0.25, -0.2) is 4.79 Å². The molecule has 0 bridgehead atoms. The van der Waals surface area contributed by atoms with Crippen LogP contribution in [0.15, 0.2) is 12.1 Å². The van der Waals surface area contributed by atoms with Crippen LogP contribution >= 0.6 is 0 Å². The number of carboxylic acids is 1. The van der Waals surface area contributed by atoms with Gasteiger partial charge in [0, 0.05) is 12.0 Å². The average Bonchev–Trinajstić information content (AvgIpc) is 2.87. The number of aryl methyl sites for hydroxylation is 1. The number of rotatable bonds is 4. The fraction of sp³-hybridized carbons (Fsp3) is 0.591. The number of aromatic carboxylic acids is 1. The molecule has 1 fully saturated rings. The number of carbonyl (C=O) groups is 1. The van der Waals surface area contributed by atoms with Crippen LogP contribution < -0.4 is 4.74 Å². The minimum Gasteiger partial charge on any atom is -0.492 e. The second kappa shape index (κ2) is 8.94. The predicted molar refractivity (Wildman–Crippen MR) is 99.1 cm³/mol. The summed E-state index contributed by atoms with van der Waals surface area (Å²) in [5.74, 6) is 6.94. The van der Waals surface area contributed by atoms with Crippen molar-refractivity contribution in [3.05, 3.63) is 28.8 Å². The molecule has 0 saturated heterocycles. The molecule has 134 valence electrons. The first-order valence-electron chi connectivity index (χ1n) is 9.76. The smallest absolute Gasteiger partial charge is 0.339 e. The Balaban J connectivity index is 1.63. The monoisotopic (exact) mass is 340 g/mol. The Hall–Kier alpha value is -1.95. The Morgan fingerprint density at radius 3 is 2.80 bits per heavy atom. The molecule has 1 aromatic rings. The molecule has 25 heavy (non-hydrogen) atoms. The number of ether oxygens (including phenoxy) is 1. The van der Waals surface area contributed by atoms with E-state index in [4.69, 9.17) is 4.74 Å². The van der Waals surface area contributed by atoms with Crippen molar-refractivity contribution >= 4 is 5.97 Å². The number of fused-ring (bicyclic) bond motifs is 1. The van der Waals surface area contributed by atoms with E-state index in [2.05, 4.69) is 11.8 Å². The van der Waals surface area contributed by atoms with Gasteiger partial charge in [-0.15, -0.1) is 0 Å². The molecule has 0 amide bonds. The van der Waals surface area contributed by atoms with Crippen molar-refractivity contribution in [3.63, 3.8) is 0 Å². The van der Waals surface area contributed by atoms with Crippen LogP contribution in [0, 0.1) is 17.8 Å². The highest BCUT2D eigenvalue weighted by Gasteiger charge is 2.19. The minimum atomic E-state index is -0.931. The van der Waals surface area contributed by atoms with Crippen molar-refractivity contribution in [1.82, 2.24) is 0 Å². The van der Waals surface area contributed by atoms with Crippen LogP contribution in [0.3, 0.4) is 0 Å². The molecule has 0 atom stereocenters. The SMILES string of the molecule is O=C(O)c1cc(C#CCCCC2CCCCC2)cc2c1OCCCC2. The lowest BCUT2D eigenvalue weighted by molar-refractivity contribution is 0.0692. The van der Waals surface area contributed by atoms with Crippen LogP contribution in [0.4, 0.5) is 0 Å². The van der Waals surface area contributed by atoms with E-state index < -0.39 is 5.97 Å². The van der Waals surface area contributed by atoms with Crippen molar-refractivity contribution in [2.75, 3.05) is 6.61 Å². The van der Waals surface area contributed by atoms with Crippen LogP contribution in [0.5, 0.6) is 5.75 Å². The molecule has 0 spiro atoms. The fourth-order valence-electron chi connectivity index (χ4n) is 3.99. The molecular weight excluding hydrogens is 312 g/mol. The van der Waals surface area contributed by atoms with E-state index in [1.165, 1.54) is 38.5 Å². The second-order valence-electron chi connectivity index (χ2n) is 7.32.